The maximum Gasteiger partial charge on any atom is 0.0337 e. The summed E-state index contributed by atoms with van der Waals surface area (Å²) >= 11 is 0. The third kappa shape index (κ3) is 4.27. The van der Waals surface area contributed by atoms with Gasteiger partial charge < -0.3 is 5.32 Å². The highest BCUT2D eigenvalue weighted by atomic mass is 14.8. The van der Waals surface area contributed by atoms with Gasteiger partial charge in [-0.1, -0.05) is 13.0 Å². The molecule has 0 aromatic carbocycles. The number of rotatable bonds is 4. The fourth-order valence-corrected chi connectivity index (χ4v) is 0.646. The van der Waals surface area contributed by atoms with E-state index in [0.717, 1.165) is 13.0 Å². The molecule has 0 bridgehead atoms. The van der Waals surface area contributed by atoms with Crippen LogP contribution in [0.1, 0.15) is 20.3 Å². The Balaban J connectivity index is 3.78. The summed E-state index contributed by atoms with van der Waals surface area (Å²) in [5, 5.41) is 3.06. The lowest BCUT2D eigenvalue weighted by Crippen LogP contribution is -2.17. The Kier molecular flexibility index (Phi) is 6.08. The minimum absolute atomic E-state index is 0.890. The topological polar surface area (TPSA) is 24.4 Å². The van der Waals surface area contributed by atoms with Crippen molar-refractivity contribution < 1.29 is 0 Å². The largest absolute Gasteiger partial charge is 0.315 e. The minimum atomic E-state index is 0.890. The van der Waals surface area contributed by atoms with Gasteiger partial charge in [0, 0.05) is 18.5 Å². The second-order valence-corrected chi connectivity index (χ2v) is 2.06. The Bertz CT molecular complexity index is 125. The molecule has 0 saturated carbocycles. The van der Waals surface area contributed by atoms with Crippen molar-refractivity contribution in [3.8, 4) is 0 Å². The zero-order valence-electron chi connectivity index (χ0n) is 7.02. The fourth-order valence-electron chi connectivity index (χ4n) is 0.646. The number of nitrogens with one attached hydrogen (secondary N) is 1. The molecule has 0 aliphatic carbocycles. The lowest BCUT2D eigenvalue weighted by atomic mass is 10.3. The van der Waals surface area contributed by atoms with Crippen LogP contribution in [0.15, 0.2) is 17.3 Å². The summed E-state index contributed by atoms with van der Waals surface area (Å²) in [7, 11) is 1.93. The lowest BCUT2D eigenvalue weighted by Gasteiger charge is -1.98. The number of nitrogens with zero attached hydrogens (tertiary/aromatic N) is 1. The van der Waals surface area contributed by atoms with Gasteiger partial charge in [0.15, 0.2) is 0 Å². The molecule has 0 aliphatic rings. The lowest BCUT2D eigenvalue weighted by molar-refractivity contribution is 0.928. The molecule has 2 heteroatoms. The Morgan fingerprint density at radius 3 is 2.70 bits per heavy atom. The second-order valence-electron chi connectivity index (χ2n) is 2.06. The van der Waals surface area contributed by atoms with E-state index in [0.29, 0.717) is 0 Å². The average molecular weight is 140 g/mol. The van der Waals surface area contributed by atoms with Gasteiger partial charge in [-0.25, -0.2) is 0 Å². The molecule has 0 aliphatic heterocycles. The van der Waals surface area contributed by atoms with Crippen molar-refractivity contribution in [2.24, 2.45) is 4.99 Å². The van der Waals surface area contributed by atoms with E-state index in [4.69, 9.17) is 0 Å². The zero-order chi connectivity index (χ0) is 7.82. The summed E-state index contributed by atoms with van der Waals surface area (Å²) in [5.41, 5.74) is 1.20. The molecule has 0 spiro atoms. The van der Waals surface area contributed by atoms with Crippen molar-refractivity contribution >= 4 is 5.71 Å². The van der Waals surface area contributed by atoms with Crippen LogP contribution in [0.4, 0.5) is 0 Å². The molecule has 0 aromatic heterocycles. The van der Waals surface area contributed by atoms with E-state index in [-0.39, 0.29) is 0 Å². The quantitative estimate of drug-likeness (QED) is 0.589. The number of allylic oxidation sites excluding steroid dienone is 1. The van der Waals surface area contributed by atoms with Crippen molar-refractivity contribution in [1.29, 1.82) is 0 Å². The van der Waals surface area contributed by atoms with E-state index in [1.165, 1.54) is 5.71 Å². The monoisotopic (exact) mass is 140 g/mol. The molecule has 0 fully saturated rings. The highest BCUT2D eigenvalue weighted by molar-refractivity contribution is 5.86. The van der Waals surface area contributed by atoms with Gasteiger partial charge in [0.2, 0.25) is 0 Å². The molecule has 0 amide bonds. The molecule has 0 atom stereocenters. The SMILES string of the molecule is C/C=C\N=C(CC)CNC. The minimum Gasteiger partial charge on any atom is -0.315 e. The second kappa shape index (κ2) is 6.49. The van der Waals surface area contributed by atoms with Crippen molar-refractivity contribution in [1.82, 2.24) is 5.32 Å². The molecule has 1 N–H and O–H groups in total. The molecule has 10 heavy (non-hydrogen) atoms. The first-order valence-electron chi connectivity index (χ1n) is 3.66. The fraction of sp³-hybridized carbons (Fsp3) is 0.625. The van der Waals surface area contributed by atoms with E-state index in [1.54, 1.807) is 0 Å². The van der Waals surface area contributed by atoms with Crippen LogP contribution >= 0.6 is 0 Å². The predicted molar refractivity (Wildman–Crippen MR) is 46.5 cm³/mol. The van der Waals surface area contributed by atoms with E-state index >= 15 is 0 Å². The first-order chi connectivity index (χ1) is 4.85. The van der Waals surface area contributed by atoms with E-state index < -0.39 is 0 Å². The van der Waals surface area contributed by atoms with Crippen LogP contribution in [0, 0.1) is 0 Å². The molecule has 0 rings (SSSR count). The maximum atomic E-state index is 4.22. The third-order valence-electron chi connectivity index (χ3n) is 1.20. The van der Waals surface area contributed by atoms with Gasteiger partial charge in [-0.15, -0.1) is 0 Å². The van der Waals surface area contributed by atoms with Crippen LogP contribution < -0.4 is 5.32 Å². The van der Waals surface area contributed by atoms with Gasteiger partial charge >= 0.3 is 0 Å². The van der Waals surface area contributed by atoms with Gasteiger partial charge in [0.25, 0.3) is 0 Å². The number of aliphatic imine (C=N–C) groups is 1. The first-order valence-corrected chi connectivity index (χ1v) is 3.66. The highest BCUT2D eigenvalue weighted by Crippen LogP contribution is 1.85. The molecule has 58 valence electrons. The van der Waals surface area contributed by atoms with E-state index in [9.17, 15) is 0 Å². The predicted octanol–water partition coefficient (Wildman–Crippen LogP) is 1.59. The Morgan fingerprint density at radius 1 is 1.60 bits per heavy atom. The van der Waals surface area contributed by atoms with Crippen LogP contribution in [0.3, 0.4) is 0 Å². The van der Waals surface area contributed by atoms with Crippen molar-refractivity contribution in [2.75, 3.05) is 13.6 Å². The van der Waals surface area contributed by atoms with Crippen molar-refractivity contribution in [3.05, 3.63) is 12.3 Å². The van der Waals surface area contributed by atoms with Crippen LogP contribution in [-0.4, -0.2) is 19.3 Å². The van der Waals surface area contributed by atoms with Crippen LogP contribution in [0.25, 0.3) is 0 Å². The average Bonchev–Trinajstić information content (AvgIpc) is 1.98. The summed E-state index contributed by atoms with van der Waals surface area (Å²) in [6.45, 7) is 4.97. The van der Waals surface area contributed by atoms with Crippen LogP contribution in [0.5, 0.6) is 0 Å². The van der Waals surface area contributed by atoms with E-state index in [2.05, 4.69) is 17.2 Å². The van der Waals surface area contributed by atoms with Gasteiger partial charge in [-0.3, -0.25) is 4.99 Å². The summed E-state index contributed by atoms with van der Waals surface area (Å²) in [5.74, 6) is 0. The standard InChI is InChI=1S/C8H16N2/c1-4-6-10-8(5-2)7-9-3/h4,6,9H,5,7H2,1-3H3/b6-4-,10-8?. The normalized spacial score (nSPS) is 12.9. The first kappa shape index (κ1) is 9.37. The van der Waals surface area contributed by atoms with E-state index in [1.807, 2.05) is 26.2 Å². The van der Waals surface area contributed by atoms with Gasteiger partial charge in [-0.2, -0.15) is 0 Å². The van der Waals surface area contributed by atoms with Gasteiger partial charge in [-0.05, 0) is 20.4 Å². The Labute approximate surface area is 63.0 Å². The molecule has 0 aromatic rings. The van der Waals surface area contributed by atoms with Crippen LogP contribution in [0.2, 0.25) is 0 Å². The van der Waals surface area contributed by atoms with Crippen molar-refractivity contribution in [2.45, 2.75) is 20.3 Å². The zero-order valence-corrected chi connectivity index (χ0v) is 7.02. The molecular weight excluding hydrogens is 124 g/mol. The van der Waals surface area contributed by atoms with Crippen LogP contribution in [-0.2, 0) is 0 Å². The molecule has 0 radical (unpaired) electrons. The molecule has 2 nitrogen and oxygen atoms in total. The van der Waals surface area contributed by atoms with Gasteiger partial charge in [0.05, 0.1) is 0 Å². The number of hydrogen-bond donors (Lipinski definition) is 1. The highest BCUT2D eigenvalue weighted by Gasteiger charge is 1.89. The third-order valence-corrected chi connectivity index (χ3v) is 1.20. The molecule has 0 unspecified atom stereocenters. The summed E-state index contributed by atoms with van der Waals surface area (Å²) in [6, 6.07) is 0. The summed E-state index contributed by atoms with van der Waals surface area (Å²) in [6.07, 6.45) is 4.78. The molecule has 0 saturated heterocycles. The number of hydrogen-bond acceptors (Lipinski definition) is 2. The Morgan fingerprint density at radius 2 is 2.30 bits per heavy atom. The van der Waals surface area contributed by atoms with Gasteiger partial charge in [0.1, 0.15) is 0 Å². The van der Waals surface area contributed by atoms with Crippen molar-refractivity contribution in [3.63, 3.8) is 0 Å². The summed E-state index contributed by atoms with van der Waals surface area (Å²) in [4.78, 5) is 4.22. The summed E-state index contributed by atoms with van der Waals surface area (Å²) < 4.78 is 0. The molecule has 0 heterocycles. The molecular formula is C8H16N2. The smallest absolute Gasteiger partial charge is 0.0337 e. The Hall–Kier alpha value is -0.630. The maximum absolute atomic E-state index is 4.22.